The molecule has 0 saturated heterocycles. The third kappa shape index (κ3) is 2.49. The van der Waals surface area contributed by atoms with Crippen LogP contribution in [0.15, 0.2) is 18.2 Å². The molecule has 0 radical (unpaired) electrons. The minimum atomic E-state index is -0.455. The lowest BCUT2D eigenvalue weighted by molar-refractivity contribution is -0.122. The quantitative estimate of drug-likeness (QED) is 0.639. The monoisotopic (exact) mass is 287 g/mol. The fraction of sp³-hybridized carbons (Fsp3) is 0.400. The first-order valence-corrected chi connectivity index (χ1v) is 7.11. The van der Waals surface area contributed by atoms with Crippen molar-refractivity contribution in [2.24, 2.45) is 0 Å². The number of benzene rings is 1. The number of imide groups is 1. The molecule has 21 heavy (non-hydrogen) atoms. The molecule has 1 aromatic carbocycles. The van der Waals surface area contributed by atoms with Crippen LogP contribution in [0.5, 0.6) is 0 Å². The van der Waals surface area contributed by atoms with E-state index in [1.165, 1.54) is 12.1 Å². The summed E-state index contributed by atoms with van der Waals surface area (Å²) >= 11 is 0. The van der Waals surface area contributed by atoms with Crippen LogP contribution in [-0.4, -0.2) is 35.2 Å². The van der Waals surface area contributed by atoms with Crippen LogP contribution >= 0.6 is 0 Å². The van der Waals surface area contributed by atoms with E-state index >= 15 is 0 Å². The second-order valence-corrected chi connectivity index (χ2v) is 5.55. The van der Waals surface area contributed by atoms with Crippen molar-refractivity contribution in [2.45, 2.75) is 31.7 Å². The minimum Gasteiger partial charge on any atom is -0.399 e. The van der Waals surface area contributed by atoms with Gasteiger partial charge in [0.25, 0.3) is 11.8 Å². The fourth-order valence-corrected chi connectivity index (χ4v) is 2.94. The number of nitrogens with zero attached hydrogens (tertiary/aromatic N) is 1. The first kappa shape index (κ1) is 13.6. The van der Waals surface area contributed by atoms with Crippen molar-refractivity contribution in [3.63, 3.8) is 0 Å². The predicted octanol–water partition coefficient (Wildman–Crippen LogP) is 0.924. The smallest absolute Gasteiger partial charge is 0.262 e. The molecule has 3 N–H and O–H groups in total. The van der Waals surface area contributed by atoms with E-state index in [0.717, 1.165) is 30.6 Å². The van der Waals surface area contributed by atoms with E-state index in [1.54, 1.807) is 6.07 Å². The lowest BCUT2D eigenvalue weighted by Crippen LogP contribution is -2.43. The Labute approximate surface area is 122 Å². The van der Waals surface area contributed by atoms with Gasteiger partial charge in [0.15, 0.2) is 0 Å². The number of nitrogen functional groups attached to an aromatic ring is 1. The Morgan fingerprint density at radius 2 is 1.86 bits per heavy atom. The van der Waals surface area contributed by atoms with Crippen molar-refractivity contribution in [1.29, 1.82) is 0 Å². The van der Waals surface area contributed by atoms with E-state index in [0.29, 0.717) is 11.3 Å². The maximum absolute atomic E-state index is 12.2. The number of nitrogens with two attached hydrogens (primary N) is 1. The second kappa shape index (κ2) is 5.20. The molecule has 1 saturated carbocycles. The Balaban J connectivity index is 1.71. The van der Waals surface area contributed by atoms with Crippen LogP contribution in [0, 0.1) is 0 Å². The molecule has 6 heteroatoms. The number of anilines is 1. The van der Waals surface area contributed by atoms with Crippen molar-refractivity contribution < 1.29 is 14.4 Å². The van der Waals surface area contributed by atoms with Crippen LogP contribution in [0.2, 0.25) is 0 Å². The summed E-state index contributed by atoms with van der Waals surface area (Å²) in [5.41, 5.74) is 6.64. The molecule has 1 aromatic rings. The third-order valence-corrected chi connectivity index (χ3v) is 4.02. The molecular weight excluding hydrogens is 270 g/mol. The van der Waals surface area contributed by atoms with Gasteiger partial charge < -0.3 is 11.1 Å². The van der Waals surface area contributed by atoms with Gasteiger partial charge in [0.2, 0.25) is 5.91 Å². The molecule has 1 aliphatic carbocycles. The molecule has 3 amide bonds. The van der Waals surface area contributed by atoms with Gasteiger partial charge in [0, 0.05) is 11.7 Å². The zero-order valence-electron chi connectivity index (χ0n) is 11.6. The maximum atomic E-state index is 12.2. The van der Waals surface area contributed by atoms with Crippen LogP contribution in [-0.2, 0) is 4.79 Å². The van der Waals surface area contributed by atoms with Gasteiger partial charge in [-0.3, -0.25) is 19.3 Å². The molecule has 3 rings (SSSR count). The van der Waals surface area contributed by atoms with E-state index < -0.39 is 11.8 Å². The Kier molecular flexibility index (Phi) is 3.37. The molecule has 0 spiro atoms. The van der Waals surface area contributed by atoms with Crippen LogP contribution < -0.4 is 11.1 Å². The number of nitrogens with one attached hydrogen (secondary N) is 1. The van der Waals surface area contributed by atoms with Gasteiger partial charge in [-0.05, 0) is 31.0 Å². The highest BCUT2D eigenvalue weighted by molar-refractivity contribution is 6.22. The molecule has 0 aromatic heterocycles. The summed E-state index contributed by atoms with van der Waals surface area (Å²) < 4.78 is 0. The van der Waals surface area contributed by atoms with Crippen LogP contribution in [0.3, 0.4) is 0 Å². The number of fused-ring (bicyclic) bond motifs is 1. The Bertz CT molecular complexity index is 621. The predicted molar refractivity (Wildman–Crippen MR) is 76.6 cm³/mol. The van der Waals surface area contributed by atoms with Gasteiger partial charge in [0.05, 0.1) is 11.1 Å². The van der Waals surface area contributed by atoms with Crippen LogP contribution in [0.1, 0.15) is 46.4 Å². The molecule has 2 aliphatic rings. The molecule has 0 unspecified atom stereocenters. The number of hydrogen-bond acceptors (Lipinski definition) is 4. The lowest BCUT2D eigenvalue weighted by Gasteiger charge is -2.16. The highest BCUT2D eigenvalue weighted by Gasteiger charge is 2.36. The first-order valence-electron chi connectivity index (χ1n) is 7.11. The van der Waals surface area contributed by atoms with E-state index in [1.807, 2.05) is 0 Å². The van der Waals surface area contributed by atoms with Gasteiger partial charge in [-0.15, -0.1) is 0 Å². The topological polar surface area (TPSA) is 92.5 Å². The minimum absolute atomic E-state index is 0.170. The van der Waals surface area contributed by atoms with Crippen LogP contribution in [0.4, 0.5) is 5.69 Å². The summed E-state index contributed by atoms with van der Waals surface area (Å²) in [5.74, 6) is -1.18. The number of carbonyl (C=O) groups is 3. The Morgan fingerprint density at radius 1 is 1.19 bits per heavy atom. The van der Waals surface area contributed by atoms with Crippen molar-refractivity contribution in [3.8, 4) is 0 Å². The molecule has 1 aliphatic heterocycles. The van der Waals surface area contributed by atoms with Gasteiger partial charge >= 0.3 is 0 Å². The molecule has 1 heterocycles. The Morgan fingerprint density at radius 3 is 2.57 bits per heavy atom. The highest BCUT2D eigenvalue weighted by Crippen LogP contribution is 2.24. The van der Waals surface area contributed by atoms with E-state index in [4.69, 9.17) is 5.73 Å². The molecular formula is C15H17N3O3. The SMILES string of the molecule is Nc1ccc2c(c1)C(=O)N(CC(=O)NC1CCCC1)C2=O. The molecule has 1 fully saturated rings. The standard InChI is InChI=1S/C15H17N3O3/c16-9-5-6-11-12(7-9)15(21)18(14(11)20)8-13(19)17-10-3-1-2-4-10/h5-7,10H,1-4,8,16H2,(H,17,19). The summed E-state index contributed by atoms with van der Waals surface area (Å²) in [5, 5.41) is 2.88. The summed E-state index contributed by atoms with van der Waals surface area (Å²) in [7, 11) is 0. The van der Waals surface area contributed by atoms with Crippen molar-refractivity contribution in [3.05, 3.63) is 29.3 Å². The molecule has 6 nitrogen and oxygen atoms in total. The van der Waals surface area contributed by atoms with Gasteiger partial charge in [-0.25, -0.2) is 0 Å². The third-order valence-electron chi connectivity index (χ3n) is 4.02. The molecule has 110 valence electrons. The van der Waals surface area contributed by atoms with Crippen LogP contribution in [0.25, 0.3) is 0 Å². The average molecular weight is 287 g/mol. The van der Waals surface area contributed by atoms with Crippen molar-refractivity contribution in [2.75, 3.05) is 12.3 Å². The number of rotatable bonds is 3. The van der Waals surface area contributed by atoms with Crippen molar-refractivity contribution in [1.82, 2.24) is 10.2 Å². The first-order chi connectivity index (χ1) is 10.1. The average Bonchev–Trinajstić information content (AvgIpc) is 3.02. The van der Waals surface area contributed by atoms with E-state index in [2.05, 4.69) is 5.32 Å². The summed E-state index contributed by atoms with van der Waals surface area (Å²) in [4.78, 5) is 37.3. The van der Waals surface area contributed by atoms with Gasteiger partial charge in [-0.2, -0.15) is 0 Å². The zero-order chi connectivity index (χ0) is 15.0. The normalized spacial score (nSPS) is 18.2. The van der Waals surface area contributed by atoms with Gasteiger partial charge in [0.1, 0.15) is 6.54 Å². The van der Waals surface area contributed by atoms with Crippen molar-refractivity contribution >= 4 is 23.4 Å². The fourth-order valence-electron chi connectivity index (χ4n) is 2.94. The molecule has 0 atom stereocenters. The largest absolute Gasteiger partial charge is 0.399 e. The summed E-state index contributed by atoms with van der Waals surface area (Å²) in [6.45, 7) is -0.233. The van der Waals surface area contributed by atoms with E-state index in [-0.39, 0.29) is 24.1 Å². The summed E-state index contributed by atoms with van der Waals surface area (Å²) in [6.07, 6.45) is 4.14. The number of amides is 3. The summed E-state index contributed by atoms with van der Waals surface area (Å²) in [6, 6.07) is 4.75. The maximum Gasteiger partial charge on any atom is 0.262 e. The van der Waals surface area contributed by atoms with Gasteiger partial charge in [-0.1, -0.05) is 12.8 Å². The second-order valence-electron chi connectivity index (χ2n) is 5.55. The number of carbonyl (C=O) groups excluding carboxylic acids is 3. The zero-order valence-corrected chi connectivity index (χ0v) is 11.6. The number of hydrogen-bond donors (Lipinski definition) is 2. The lowest BCUT2D eigenvalue weighted by atomic mass is 10.1. The Hall–Kier alpha value is -2.37. The highest BCUT2D eigenvalue weighted by atomic mass is 16.2. The molecule has 0 bridgehead atoms. The van der Waals surface area contributed by atoms with E-state index in [9.17, 15) is 14.4 Å².